The SMILES string of the molecule is COc1cc(C[C@H]2c3cc(O)c(OC)cc3CC[N+]2(C)C)ccc1O. The standard InChI is InChI=1S/C20H25NO4/c1-21(2)8-7-14-11-20(25-4)18(23)12-15(14)16(21)9-13-5-6-17(22)19(10-13)24-3/h5-6,10-12,16H,7-9H2,1-4H3,(H-,22,23)/p+1/t16-/m0/s1. The molecule has 5 heteroatoms. The second-order valence-electron chi connectivity index (χ2n) is 7.20. The van der Waals surface area contributed by atoms with Gasteiger partial charge in [-0.2, -0.15) is 0 Å². The van der Waals surface area contributed by atoms with Crippen molar-refractivity contribution < 1.29 is 24.2 Å². The number of hydrogen-bond acceptors (Lipinski definition) is 4. The van der Waals surface area contributed by atoms with Crippen molar-refractivity contribution in [1.82, 2.24) is 0 Å². The van der Waals surface area contributed by atoms with Gasteiger partial charge in [0.05, 0.1) is 34.9 Å². The Bertz CT molecular complexity index is 786. The molecule has 2 N–H and O–H groups in total. The van der Waals surface area contributed by atoms with Crippen LogP contribution in [0.15, 0.2) is 30.3 Å². The number of hydrogen-bond donors (Lipinski definition) is 2. The van der Waals surface area contributed by atoms with Gasteiger partial charge in [0, 0.05) is 18.4 Å². The summed E-state index contributed by atoms with van der Waals surface area (Å²) in [5.74, 6) is 1.33. The van der Waals surface area contributed by atoms with Crippen molar-refractivity contribution in [2.45, 2.75) is 18.9 Å². The molecule has 25 heavy (non-hydrogen) atoms. The molecule has 0 saturated carbocycles. The fourth-order valence-electron chi connectivity index (χ4n) is 3.69. The highest BCUT2D eigenvalue weighted by atomic mass is 16.5. The van der Waals surface area contributed by atoms with Crippen LogP contribution in [0.25, 0.3) is 0 Å². The molecule has 1 aliphatic heterocycles. The van der Waals surface area contributed by atoms with Crippen LogP contribution >= 0.6 is 0 Å². The maximum Gasteiger partial charge on any atom is 0.160 e. The van der Waals surface area contributed by atoms with E-state index in [0.717, 1.165) is 35.0 Å². The zero-order valence-corrected chi connectivity index (χ0v) is 15.2. The number of ether oxygens (including phenoxy) is 2. The smallest absolute Gasteiger partial charge is 0.160 e. The minimum atomic E-state index is 0.145. The van der Waals surface area contributed by atoms with Gasteiger partial charge in [-0.1, -0.05) is 6.07 Å². The third-order valence-electron chi connectivity index (χ3n) is 5.27. The molecule has 0 bridgehead atoms. The van der Waals surface area contributed by atoms with Gasteiger partial charge in [-0.05, 0) is 35.4 Å². The lowest BCUT2D eigenvalue weighted by atomic mass is 9.87. The van der Waals surface area contributed by atoms with Crippen molar-refractivity contribution >= 4 is 0 Å². The molecule has 0 unspecified atom stereocenters. The molecule has 1 atom stereocenters. The van der Waals surface area contributed by atoms with Gasteiger partial charge in [0.2, 0.25) is 0 Å². The lowest BCUT2D eigenvalue weighted by Crippen LogP contribution is -2.48. The maximum atomic E-state index is 10.3. The van der Waals surface area contributed by atoms with Crippen LogP contribution in [-0.4, -0.2) is 49.6 Å². The molecule has 1 aliphatic rings. The number of methoxy groups -OCH3 is 2. The predicted molar refractivity (Wildman–Crippen MR) is 96.4 cm³/mol. The predicted octanol–water partition coefficient (Wildman–Crippen LogP) is 3.03. The molecule has 5 nitrogen and oxygen atoms in total. The van der Waals surface area contributed by atoms with Crippen LogP contribution in [0.4, 0.5) is 0 Å². The number of benzene rings is 2. The average Bonchev–Trinajstić information content (AvgIpc) is 2.58. The Morgan fingerprint density at radius 3 is 2.36 bits per heavy atom. The number of nitrogens with zero attached hydrogens (tertiary/aromatic N) is 1. The van der Waals surface area contributed by atoms with Crippen LogP contribution in [0, 0.1) is 0 Å². The van der Waals surface area contributed by atoms with E-state index >= 15 is 0 Å². The maximum absolute atomic E-state index is 10.3. The van der Waals surface area contributed by atoms with E-state index in [9.17, 15) is 10.2 Å². The van der Waals surface area contributed by atoms with Crippen molar-refractivity contribution in [3.63, 3.8) is 0 Å². The second-order valence-corrected chi connectivity index (χ2v) is 7.20. The van der Waals surface area contributed by atoms with Gasteiger partial charge in [0.25, 0.3) is 0 Å². The summed E-state index contributed by atoms with van der Waals surface area (Å²) in [5.41, 5.74) is 3.47. The van der Waals surface area contributed by atoms with Crippen LogP contribution in [0.2, 0.25) is 0 Å². The largest absolute Gasteiger partial charge is 0.504 e. The molecule has 0 aromatic heterocycles. The molecule has 0 spiro atoms. The zero-order chi connectivity index (χ0) is 18.2. The number of likely N-dealkylation sites (N-methyl/N-ethyl adjacent to an activating group) is 1. The van der Waals surface area contributed by atoms with Crippen molar-refractivity contribution in [2.75, 3.05) is 34.9 Å². The summed E-state index contributed by atoms with van der Waals surface area (Å²) in [5, 5.41) is 20.1. The highest BCUT2D eigenvalue weighted by Crippen LogP contribution is 2.41. The Balaban J connectivity index is 2.01. The highest BCUT2D eigenvalue weighted by molar-refractivity contribution is 5.49. The molecule has 134 valence electrons. The molecule has 0 fully saturated rings. The molecule has 3 rings (SSSR count). The van der Waals surface area contributed by atoms with Crippen molar-refractivity contribution in [3.05, 3.63) is 47.0 Å². The molecular formula is C20H26NO4+. The number of phenolic OH excluding ortho intramolecular Hbond substituents is 2. The zero-order valence-electron chi connectivity index (χ0n) is 15.2. The number of aromatic hydroxyl groups is 2. The Hall–Kier alpha value is -2.40. The fourth-order valence-corrected chi connectivity index (χ4v) is 3.69. The second kappa shape index (κ2) is 6.48. The van der Waals surface area contributed by atoms with E-state index in [4.69, 9.17) is 9.47 Å². The molecule has 2 aromatic rings. The van der Waals surface area contributed by atoms with Crippen LogP contribution in [-0.2, 0) is 12.8 Å². The number of fused-ring (bicyclic) bond motifs is 1. The Labute approximate surface area is 148 Å². The summed E-state index contributed by atoms with van der Waals surface area (Å²) in [6.45, 7) is 1.01. The third-order valence-corrected chi connectivity index (χ3v) is 5.27. The van der Waals surface area contributed by atoms with Gasteiger partial charge >= 0.3 is 0 Å². The lowest BCUT2D eigenvalue weighted by Gasteiger charge is -2.43. The molecule has 1 heterocycles. The monoisotopic (exact) mass is 344 g/mol. The quantitative estimate of drug-likeness (QED) is 0.837. The minimum absolute atomic E-state index is 0.145. The summed E-state index contributed by atoms with van der Waals surface area (Å²) >= 11 is 0. The van der Waals surface area contributed by atoms with E-state index in [1.807, 2.05) is 24.3 Å². The van der Waals surface area contributed by atoms with Crippen LogP contribution < -0.4 is 9.47 Å². The normalized spacial score (nSPS) is 18.5. The Morgan fingerprint density at radius 1 is 1.00 bits per heavy atom. The van der Waals surface area contributed by atoms with Gasteiger partial charge in [-0.25, -0.2) is 0 Å². The first-order valence-electron chi connectivity index (χ1n) is 8.44. The topological polar surface area (TPSA) is 58.9 Å². The van der Waals surface area contributed by atoms with Gasteiger partial charge in [0.15, 0.2) is 23.0 Å². The third kappa shape index (κ3) is 3.24. The van der Waals surface area contributed by atoms with E-state index < -0.39 is 0 Å². The van der Waals surface area contributed by atoms with Crippen molar-refractivity contribution in [2.24, 2.45) is 0 Å². The fraction of sp³-hybridized carbons (Fsp3) is 0.400. The summed E-state index contributed by atoms with van der Waals surface area (Å²) in [4.78, 5) is 0. The molecule has 0 radical (unpaired) electrons. The minimum Gasteiger partial charge on any atom is -0.504 e. The number of phenols is 2. The van der Waals surface area contributed by atoms with Crippen molar-refractivity contribution in [3.8, 4) is 23.0 Å². The van der Waals surface area contributed by atoms with E-state index in [1.54, 1.807) is 20.3 Å². The first-order chi connectivity index (χ1) is 11.9. The molecule has 0 aliphatic carbocycles. The number of quaternary nitrogens is 1. The molecule has 0 amide bonds. The summed E-state index contributed by atoms with van der Waals surface area (Å²) in [6.07, 6.45) is 1.75. The highest BCUT2D eigenvalue weighted by Gasteiger charge is 2.36. The summed E-state index contributed by atoms with van der Waals surface area (Å²) in [6, 6.07) is 9.48. The summed E-state index contributed by atoms with van der Waals surface area (Å²) < 4.78 is 11.3. The Morgan fingerprint density at radius 2 is 1.68 bits per heavy atom. The van der Waals surface area contributed by atoms with Gasteiger partial charge in [0.1, 0.15) is 6.04 Å². The van der Waals surface area contributed by atoms with Gasteiger partial charge in [-0.15, -0.1) is 0 Å². The first-order valence-corrected chi connectivity index (χ1v) is 8.44. The average molecular weight is 344 g/mol. The van der Waals surface area contributed by atoms with E-state index in [-0.39, 0.29) is 17.5 Å². The number of rotatable bonds is 4. The van der Waals surface area contributed by atoms with Crippen molar-refractivity contribution in [1.29, 1.82) is 0 Å². The van der Waals surface area contributed by atoms with Gasteiger partial charge < -0.3 is 24.2 Å². The molecular weight excluding hydrogens is 318 g/mol. The van der Waals surface area contributed by atoms with E-state index in [0.29, 0.717) is 11.5 Å². The summed E-state index contributed by atoms with van der Waals surface area (Å²) in [7, 11) is 7.56. The van der Waals surface area contributed by atoms with E-state index in [1.165, 1.54) is 5.56 Å². The van der Waals surface area contributed by atoms with Crippen LogP contribution in [0.5, 0.6) is 23.0 Å². The lowest BCUT2D eigenvalue weighted by molar-refractivity contribution is -0.923. The van der Waals surface area contributed by atoms with E-state index in [2.05, 4.69) is 14.1 Å². The van der Waals surface area contributed by atoms with Crippen LogP contribution in [0.3, 0.4) is 0 Å². The molecule has 2 aromatic carbocycles. The first kappa shape index (κ1) is 17.4. The van der Waals surface area contributed by atoms with Gasteiger partial charge in [-0.3, -0.25) is 0 Å². The molecule has 0 saturated heterocycles. The Kier molecular flexibility index (Phi) is 4.52. The van der Waals surface area contributed by atoms with Crippen LogP contribution in [0.1, 0.15) is 22.7 Å².